The van der Waals surface area contributed by atoms with Crippen LogP contribution in [0.3, 0.4) is 0 Å². The second-order valence-electron chi connectivity index (χ2n) is 26.5. The summed E-state index contributed by atoms with van der Waals surface area (Å²) in [6.45, 7) is 0. The number of hydrogen-bond donors (Lipinski definition) is 3. The minimum Gasteiger partial charge on any atom is -0.355 e. The highest BCUT2D eigenvalue weighted by Crippen LogP contribution is 2.44. The third-order valence-electron chi connectivity index (χ3n) is 19.3. The van der Waals surface area contributed by atoms with E-state index in [-0.39, 0.29) is 5.82 Å². The summed E-state index contributed by atoms with van der Waals surface area (Å²) < 4.78 is 15.8. The fourth-order valence-corrected chi connectivity index (χ4v) is 15.3. The largest absolute Gasteiger partial charge is 0.355 e. The van der Waals surface area contributed by atoms with Gasteiger partial charge in [-0.1, -0.05) is 249 Å². The van der Waals surface area contributed by atoms with Crippen molar-refractivity contribution in [2.45, 2.75) is 0 Å². The molecule has 0 bridgehead atoms. The average Bonchev–Trinajstić information content (AvgIpc) is 1.27. The molecule has 0 amide bonds. The number of fused-ring (bicyclic) bond motifs is 6. The molecule has 110 heavy (non-hydrogen) atoms. The maximum Gasteiger partial charge on any atom is 0.228 e. The molecule has 0 spiro atoms. The van der Waals surface area contributed by atoms with Gasteiger partial charge in [0.1, 0.15) is 5.82 Å². The van der Waals surface area contributed by atoms with Gasteiger partial charge in [0, 0.05) is 110 Å². The number of hydrogen-bond acceptors (Lipinski definition) is 9. The summed E-state index contributed by atoms with van der Waals surface area (Å²) >= 11 is 1.84. The monoisotopic (exact) mass is 1440 g/mol. The van der Waals surface area contributed by atoms with Crippen LogP contribution in [0, 0.1) is 5.82 Å². The SMILES string of the molecule is Fc1ccc(Nc2cccc(N(c3ccccc3)c3ccccc3)c2)cc1.c1cc(Nc2ccc3sc4ccccc4c3c2)cc(N(c2ccc(-c3cccc4ccccc34)cc2)c2cccc3ccccc23)c1.c1ccc(-c2nc(Nc3cccc(N(c4ccccc4)c4ccccc4)c3)nc3ccccc23)cc1. The molecule has 19 rings (SSSR count). The van der Waals surface area contributed by atoms with Gasteiger partial charge in [-0.3, -0.25) is 0 Å². The number of aromatic nitrogens is 2. The summed E-state index contributed by atoms with van der Waals surface area (Å²) in [5, 5.41) is 19.1. The molecular formula is C100H73FN8S. The molecule has 3 N–H and O–H groups in total. The van der Waals surface area contributed by atoms with Crippen LogP contribution in [0.4, 0.5) is 90.0 Å². The van der Waals surface area contributed by atoms with E-state index in [2.05, 4.69) is 328 Å². The van der Waals surface area contributed by atoms with Crippen molar-refractivity contribution in [1.82, 2.24) is 9.97 Å². The van der Waals surface area contributed by atoms with Crippen molar-refractivity contribution < 1.29 is 4.39 Å². The zero-order valence-corrected chi connectivity index (χ0v) is 60.8. The highest BCUT2D eigenvalue weighted by Gasteiger charge is 2.20. The molecule has 10 heteroatoms. The summed E-state index contributed by atoms with van der Waals surface area (Å²) in [4.78, 5) is 16.5. The molecule has 2 aromatic heterocycles. The number of nitrogens with one attached hydrogen (secondary N) is 3. The van der Waals surface area contributed by atoms with Gasteiger partial charge >= 0.3 is 0 Å². The van der Waals surface area contributed by atoms with Crippen molar-refractivity contribution in [3.63, 3.8) is 0 Å². The lowest BCUT2D eigenvalue weighted by Gasteiger charge is -2.27. The first-order valence-corrected chi connectivity index (χ1v) is 37.5. The maximum absolute atomic E-state index is 13.1. The molecular weight excluding hydrogens is 1360 g/mol. The molecule has 0 fully saturated rings. The normalized spacial score (nSPS) is 11.0. The molecule has 0 unspecified atom stereocenters. The zero-order valence-electron chi connectivity index (χ0n) is 59.9. The van der Waals surface area contributed by atoms with E-state index in [9.17, 15) is 4.39 Å². The zero-order chi connectivity index (χ0) is 73.8. The predicted octanol–water partition coefficient (Wildman–Crippen LogP) is 28.8. The lowest BCUT2D eigenvalue weighted by Crippen LogP contribution is -2.10. The van der Waals surface area contributed by atoms with Gasteiger partial charge in [-0.2, -0.15) is 0 Å². The van der Waals surface area contributed by atoms with Crippen molar-refractivity contribution in [1.29, 1.82) is 0 Å². The quantitative estimate of drug-likeness (QED) is 0.0833. The highest BCUT2D eigenvalue weighted by atomic mass is 32.1. The topological polar surface area (TPSA) is 71.6 Å². The average molecular weight is 1440 g/mol. The Kier molecular flexibility index (Phi) is 20.0. The second kappa shape index (κ2) is 32.1. The summed E-state index contributed by atoms with van der Waals surface area (Å²) in [7, 11) is 0. The standard InChI is InChI=1S/C44H30N2S.C32H24N4.C24H19FN2/c1-3-16-37-30(10-1)12-7-19-38(37)32-22-25-35(26-23-32)46(42-20-8-13-31-11-2-4-17-39(31)42)36-15-9-14-33(28-36)45-34-24-27-44-41(29-34)40-18-5-6-21-43(40)47-44;1-4-13-24(14-5-1)31-29-21-10-11-22-30(29)34-32(35-31)33-25-15-12-20-28(23-25)36(26-16-6-2-7-17-26)27-18-8-3-9-19-27;25-19-14-16-20(17-15-19)26-21-8-7-13-24(18-21)27(22-9-3-1-4-10-22)23-11-5-2-6-12-23/h1-29,45H;1-23H,(H,33,34,35);1-18,26H. The number of rotatable bonds is 17. The van der Waals surface area contributed by atoms with Crippen LogP contribution in [0.25, 0.3) is 75.0 Å². The number of thiophene rings is 1. The summed E-state index contributed by atoms with van der Waals surface area (Å²) in [5.41, 5.74) is 19.9. The van der Waals surface area contributed by atoms with Crippen LogP contribution in [0.5, 0.6) is 0 Å². The summed E-state index contributed by atoms with van der Waals surface area (Å²) in [6, 6.07) is 146. The Labute approximate surface area is 643 Å². The first-order chi connectivity index (χ1) is 54.4. The van der Waals surface area contributed by atoms with Gasteiger partial charge in [0.15, 0.2) is 0 Å². The lowest BCUT2D eigenvalue weighted by atomic mass is 9.98. The van der Waals surface area contributed by atoms with E-state index in [0.717, 1.165) is 102 Å². The van der Waals surface area contributed by atoms with Crippen LogP contribution in [0.15, 0.2) is 425 Å². The third kappa shape index (κ3) is 15.3. The van der Waals surface area contributed by atoms with Crippen LogP contribution in [-0.2, 0) is 0 Å². The minimum atomic E-state index is -0.242. The number of benzene rings is 17. The molecule has 0 aliphatic rings. The molecule has 0 atom stereocenters. The Bertz CT molecular complexity index is 6260. The van der Waals surface area contributed by atoms with Gasteiger partial charge in [0.05, 0.1) is 16.9 Å². The van der Waals surface area contributed by atoms with E-state index in [0.29, 0.717) is 5.95 Å². The smallest absolute Gasteiger partial charge is 0.228 e. The molecule has 0 aliphatic carbocycles. The molecule has 0 radical (unpaired) electrons. The molecule has 17 aromatic carbocycles. The first-order valence-electron chi connectivity index (χ1n) is 36.7. The van der Waals surface area contributed by atoms with E-state index >= 15 is 0 Å². The van der Waals surface area contributed by atoms with E-state index in [1.54, 1.807) is 12.1 Å². The Balaban J connectivity index is 0.000000125. The van der Waals surface area contributed by atoms with Gasteiger partial charge in [0.25, 0.3) is 0 Å². The fourth-order valence-electron chi connectivity index (χ4n) is 14.2. The van der Waals surface area contributed by atoms with Crippen molar-refractivity contribution in [3.8, 4) is 22.4 Å². The Morgan fingerprint density at radius 3 is 1.25 bits per heavy atom. The Morgan fingerprint density at radius 1 is 0.245 bits per heavy atom. The summed E-state index contributed by atoms with van der Waals surface area (Å²) in [6.07, 6.45) is 0. The maximum atomic E-state index is 13.1. The van der Waals surface area contributed by atoms with Crippen LogP contribution in [0.1, 0.15) is 0 Å². The third-order valence-corrected chi connectivity index (χ3v) is 20.5. The van der Waals surface area contributed by atoms with E-state index < -0.39 is 0 Å². The fraction of sp³-hybridized carbons (Fsp3) is 0. The van der Waals surface area contributed by atoms with Gasteiger partial charge in [-0.25, -0.2) is 14.4 Å². The van der Waals surface area contributed by atoms with Crippen LogP contribution < -0.4 is 30.7 Å². The van der Waals surface area contributed by atoms with Gasteiger partial charge < -0.3 is 30.7 Å². The van der Waals surface area contributed by atoms with Crippen molar-refractivity contribution in [3.05, 3.63) is 430 Å². The van der Waals surface area contributed by atoms with Gasteiger partial charge in [-0.15, -0.1) is 11.3 Å². The molecule has 526 valence electrons. The van der Waals surface area contributed by atoms with Gasteiger partial charge in [0.2, 0.25) is 5.95 Å². The molecule has 0 aliphatic heterocycles. The highest BCUT2D eigenvalue weighted by molar-refractivity contribution is 7.25. The van der Waals surface area contributed by atoms with Gasteiger partial charge in [-0.05, 0) is 203 Å². The lowest BCUT2D eigenvalue weighted by molar-refractivity contribution is 0.628. The summed E-state index contributed by atoms with van der Waals surface area (Å²) in [5.74, 6) is 0.323. The molecule has 19 aromatic rings. The van der Waals surface area contributed by atoms with Crippen molar-refractivity contribution >= 4 is 150 Å². The second-order valence-corrected chi connectivity index (χ2v) is 27.6. The number of halogens is 1. The number of nitrogens with zero attached hydrogens (tertiary/aromatic N) is 5. The van der Waals surface area contributed by atoms with Crippen LogP contribution >= 0.6 is 11.3 Å². The van der Waals surface area contributed by atoms with Crippen LogP contribution in [0.2, 0.25) is 0 Å². The van der Waals surface area contributed by atoms with Crippen molar-refractivity contribution in [2.24, 2.45) is 0 Å². The molecule has 2 heterocycles. The molecule has 0 saturated heterocycles. The first kappa shape index (κ1) is 68.6. The van der Waals surface area contributed by atoms with Crippen molar-refractivity contribution in [2.75, 3.05) is 30.7 Å². The van der Waals surface area contributed by atoms with E-state index in [1.165, 1.54) is 65.0 Å². The molecule has 0 saturated carbocycles. The number of anilines is 15. The van der Waals surface area contributed by atoms with E-state index in [4.69, 9.17) is 9.97 Å². The Hall–Kier alpha value is -14.5. The minimum absolute atomic E-state index is 0.242. The van der Waals surface area contributed by atoms with E-state index in [1.807, 2.05) is 114 Å². The molecule has 8 nitrogen and oxygen atoms in total. The van der Waals surface area contributed by atoms with Crippen LogP contribution in [-0.4, -0.2) is 9.97 Å². The predicted molar refractivity (Wildman–Crippen MR) is 464 cm³/mol. The number of para-hydroxylation sites is 5. The Morgan fingerprint density at radius 2 is 0.655 bits per heavy atom.